The number of hydrogen-bond acceptors (Lipinski definition) is 5. The third-order valence-electron chi connectivity index (χ3n) is 4.34. The highest BCUT2D eigenvalue weighted by molar-refractivity contribution is 7.07. The van der Waals surface area contributed by atoms with Crippen molar-refractivity contribution >= 4 is 17.2 Å². The van der Waals surface area contributed by atoms with E-state index in [2.05, 4.69) is 15.0 Å². The minimum Gasteiger partial charge on any atom is -0.337 e. The van der Waals surface area contributed by atoms with E-state index in [4.69, 9.17) is 0 Å². The minimum absolute atomic E-state index is 0.0506. The van der Waals surface area contributed by atoms with Crippen LogP contribution >= 0.6 is 11.3 Å². The molecule has 3 aromatic rings. The predicted molar refractivity (Wildman–Crippen MR) is 92.9 cm³/mol. The first-order chi connectivity index (χ1) is 12.2. The van der Waals surface area contributed by atoms with Gasteiger partial charge in [-0.25, -0.2) is 19.3 Å². The maximum Gasteiger partial charge on any atom is 0.273 e. The molecule has 0 saturated carbocycles. The minimum atomic E-state index is -0.274. The van der Waals surface area contributed by atoms with Crippen molar-refractivity contribution in [1.29, 1.82) is 0 Å². The number of benzene rings is 1. The SMILES string of the molecule is O=C(c1cscn1)N1CCc2ncnc(-c3ccc(F)cc3)c2CC1. The standard InChI is InChI=1S/C18H15FN4OS/c19-13-3-1-12(2-4-13)17-14-5-7-23(8-6-15(14)20-10-21-17)18(24)16-9-25-11-22-16/h1-4,9-11H,5-8H2. The van der Waals surface area contributed by atoms with E-state index in [1.807, 2.05) is 4.90 Å². The average molecular weight is 354 g/mol. The molecule has 0 unspecified atom stereocenters. The molecule has 2 aromatic heterocycles. The molecule has 7 heteroatoms. The summed E-state index contributed by atoms with van der Waals surface area (Å²) in [5, 5.41) is 1.77. The van der Waals surface area contributed by atoms with Crippen LogP contribution in [0.2, 0.25) is 0 Å². The van der Waals surface area contributed by atoms with Crippen LogP contribution in [0.4, 0.5) is 4.39 Å². The number of nitrogens with zero attached hydrogens (tertiary/aromatic N) is 4. The zero-order chi connectivity index (χ0) is 17.2. The molecular formula is C18H15FN4OS. The van der Waals surface area contributed by atoms with Crippen molar-refractivity contribution < 1.29 is 9.18 Å². The monoisotopic (exact) mass is 354 g/mol. The van der Waals surface area contributed by atoms with Crippen LogP contribution in [0, 0.1) is 5.82 Å². The van der Waals surface area contributed by atoms with Crippen molar-refractivity contribution in [2.45, 2.75) is 12.8 Å². The highest BCUT2D eigenvalue weighted by Gasteiger charge is 2.23. The van der Waals surface area contributed by atoms with Gasteiger partial charge in [-0.3, -0.25) is 4.79 Å². The van der Waals surface area contributed by atoms with E-state index in [-0.39, 0.29) is 11.7 Å². The second-order valence-electron chi connectivity index (χ2n) is 5.82. The second kappa shape index (κ2) is 6.68. The Bertz CT molecular complexity index is 896. The molecule has 1 aliphatic rings. The first-order valence-corrected chi connectivity index (χ1v) is 8.93. The van der Waals surface area contributed by atoms with Crippen LogP contribution in [-0.2, 0) is 12.8 Å². The Morgan fingerprint density at radius 2 is 1.88 bits per heavy atom. The topological polar surface area (TPSA) is 59.0 Å². The van der Waals surface area contributed by atoms with Crippen LogP contribution in [-0.4, -0.2) is 38.8 Å². The Morgan fingerprint density at radius 1 is 1.08 bits per heavy atom. The van der Waals surface area contributed by atoms with E-state index in [0.717, 1.165) is 22.5 Å². The second-order valence-corrected chi connectivity index (χ2v) is 6.54. The first-order valence-electron chi connectivity index (χ1n) is 7.98. The van der Waals surface area contributed by atoms with E-state index < -0.39 is 0 Å². The molecule has 0 radical (unpaired) electrons. The van der Waals surface area contributed by atoms with Gasteiger partial charge in [0.15, 0.2) is 0 Å². The van der Waals surface area contributed by atoms with Crippen LogP contribution in [0.1, 0.15) is 21.7 Å². The van der Waals surface area contributed by atoms with Gasteiger partial charge in [-0.15, -0.1) is 11.3 Å². The normalized spacial score (nSPS) is 14.0. The van der Waals surface area contributed by atoms with Gasteiger partial charge in [0.25, 0.3) is 5.91 Å². The third kappa shape index (κ3) is 3.15. The number of carbonyl (C=O) groups is 1. The molecule has 1 aromatic carbocycles. The zero-order valence-electron chi connectivity index (χ0n) is 13.4. The lowest BCUT2D eigenvalue weighted by Crippen LogP contribution is -2.33. The lowest BCUT2D eigenvalue weighted by molar-refractivity contribution is 0.0758. The number of rotatable bonds is 2. The summed E-state index contributed by atoms with van der Waals surface area (Å²) in [6.07, 6.45) is 2.87. The molecule has 126 valence electrons. The van der Waals surface area contributed by atoms with Crippen LogP contribution < -0.4 is 0 Å². The Labute approximate surface area is 148 Å². The summed E-state index contributed by atoms with van der Waals surface area (Å²) in [6.45, 7) is 1.19. The number of amides is 1. The lowest BCUT2D eigenvalue weighted by Gasteiger charge is -2.18. The molecule has 0 atom stereocenters. The summed E-state index contributed by atoms with van der Waals surface area (Å²) in [6, 6.07) is 6.30. The highest BCUT2D eigenvalue weighted by Crippen LogP contribution is 2.26. The summed E-state index contributed by atoms with van der Waals surface area (Å²) in [7, 11) is 0. The number of aromatic nitrogens is 3. The molecule has 4 rings (SSSR count). The van der Waals surface area contributed by atoms with Crippen LogP contribution in [0.25, 0.3) is 11.3 Å². The van der Waals surface area contributed by atoms with Crippen LogP contribution in [0.15, 0.2) is 41.5 Å². The molecule has 0 N–H and O–H groups in total. The molecule has 0 fully saturated rings. The molecule has 1 amide bonds. The fourth-order valence-corrected chi connectivity index (χ4v) is 3.59. The maximum atomic E-state index is 13.2. The van der Waals surface area contributed by atoms with Crippen molar-refractivity contribution in [3.05, 3.63) is 64.3 Å². The van der Waals surface area contributed by atoms with E-state index in [9.17, 15) is 9.18 Å². The van der Waals surface area contributed by atoms with Crippen molar-refractivity contribution in [3.8, 4) is 11.3 Å². The van der Waals surface area contributed by atoms with Crippen molar-refractivity contribution in [3.63, 3.8) is 0 Å². The fourth-order valence-electron chi connectivity index (χ4n) is 3.07. The molecule has 3 heterocycles. The molecule has 0 aliphatic carbocycles. The number of carbonyl (C=O) groups excluding carboxylic acids is 1. The smallest absolute Gasteiger partial charge is 0.273 e. The Balaban J connectivity index is 1.62. The number of halogens is 1. The Morgan fingerprint density at radius 3 is 2.64 bits per heavy atom. The molecule has 1 aliphatic heterocycles. The van der Waals surface area contributed by atoms with Crippen molar-refractivity contribution in [2.75, 3.05) is 13.1 Å². The van der Waals surface area contributed by atoms with Gasteiger partial charge in [0, 0.05) is 41.7 Å². The van der Waals surface area contributed by atoms with E-state index in [1.54, 1.807) is 23.0 Å². The zero-order valence-corrected chi connectivity index (χ0v) is 14.2. The molecule has 5 nitrogen and oxygen atoms in total. The summed E-state index contributed by atoms with van der Waals surface area (Å²) >= 11 is 1.41. The predicted octanol–water partition coefficient (Wildman–Crippen LogP) is 2.98. The van der Waals surface area contributed by atoms with Gasteiger partial charge in [-0.2, -0.15) is 0 Å². The lowest BCUT2D eigenvalue weighted by atomic mass is 10.0. The molecule has 0 spiro atoms. The number of fused-ring (bicyclic) bond motifs is 1. The summed E-state index contributed by atoms with van der Waals surface area (Å²) < 4.78 is 13.2. The average Bonchev–Trinajstić information content (AvgIpc) is 3.08. The fraction of sp³-hybridized carbons (Fsp3) is 0.222. The van der Waals surface area contributed by atoms with Gasteiger partial charge in [0.2, 0.25) is 0 Å². The van der Waals surface area contributed by atoms with Gasteiger partial charge < -0.3 is 4.90 Å². The van der Waals surface area contributed by atoms with E-state index in [0.29, 0.717) is 31.6 Å². The summed E-state index contributed by atoms with van der Waals surface area (Å²) in [5.41, 5.74) is 5.80. The molecule has 0 bridgehead atoms. The van der Waals surface area contributed by atoms with Gasteiger partial charge in [-0.1, -0.05) is 0 Å². The third-order valence-corrected chi connectivity index (χ3v) is 4.93. The number of hydrogen-bond donors (Lipinski definition) is 0. The van der Waals surface area contributed by atoms with Gasteiger partial charge in [0.05, 0.1) is 11.2 Å². The van der Waals surface area contributed by atoms with Crippen LogP contribution in [0.5, 0.6) is 0 Å². The van der Waals surface area contributed by atoms with Gasteiger partial charge in [-0.05, 0) is 30.7 Å². The Kier molecular flexibility index (Phi) is 4.23. The highest BCUT2D eigenvalue weighted by atomic mass is 32.1. The quantitative estimate of drug-likeness (QED) is 0.710. The molecule has 0 saturated heterocycles. The summed E-state index contributed by atoms with van der Waals surface area (Å²) in [5.74, 6) is -0.325. The largest absolute Gasteiger partial charge is 0.337 e. The molecular weight excluding hydrogens is 339 g/mol. The molecule has 25 heavy (non-hydrogen) atoms. The van der Waals surface area contributed by atoms with E-state index in [1.165, 1.54) is 29.8 Å². The Hall–Kier alpha value is -2.67. The van der Waals surface area contributed by atoms with Crippen molar-refractivity contribution in [1.82, 2.24) is 19.9 Å². The van der Waals surface area contributed by atoms with E-state index >= 15 is 0 Å². The first kappa shape index (κ1) is 15.8. The van der Waals surface area contributed by atoms with Gasteiger partial charge in [0.1, 0.15) is 17.8 Å². The number of thiazole rings is 1. The summed E-state index contributed by atoms with van der Waals surface area (Å²) in [4.78, 5) is 27.3. The maximum absolute atomic E-state index is 13.2. The van der Waals surface area contributed by atoms with Crippen LogP contribution in [0.3, 0.4) is 0 Å². The van der Waals surface area contributed by atoms with Crippen molar-refractivity contribution in [2.24, 2.45) is 0 Å². The van der Waals surface area contributed by atoms with Gasteiger partial charge >= 0.3 is 0 Å².